The van der Waals surface area contributed by atoms with Crippen LogP contribution in [0.1, 0.15) is 0 Å². The van der Waals surface area contributed by atoms with Crippen molar-refractivity contribution in [3.63, 3.8) is 0 Å². The van der Waals surface area contributed by atoms with Gasteiger partial charge in [-0.15, -0.1) is 0 Å². The lowest BCUT2D eigenvalue weighted by Gasteiger charge is -2.27. The molecule has 0 aliphatic carbocycles. The second-order valence-electron chi connectivity index (χ2n) is 12.9. The molecule has 3 nitrogen and oxygen atoms in total. The van der Waals surface area contributed by atoms with Gasteiger partial charge < -0.3 is 13.7 Å². The van der Waals surface area contributed by atoms with Crippen LogP contribution in [-0.2, 0) is 0 Å². The normalized spacial score (nSPS) is 11.5. The van der Waals surface area contributed by atoms with Gasteiger partial charge in [-0.05, 0) is 88.5 Å². The molecule has 0 saturated heterocycles. The van der Waals surface area contributed by atoms with Crippen LogP contribution >= 0.6 is 0 Å². The van der Waals surface area contributed by atoms with E-state index in [1.54, 1.807) is 0 Å². The molecule has 0 spiro atoms. The van der Waals surface area contributed by atoms with Crippen molar-refractivity contribution in [3.8, 4) is 33.4 Å². The molecule has 0 fully saturated rings. The third-order valence-electron chi connectivity index (χ3n) is 9.88. The number of hydrogen-bond acceptors (Lipinski definition) is 3. The van der Waals surface area contributed by atoms with Crippen LogP contribution in [0.5, 0.6) is 0 Å². The number of furan rings is 2. The highest BCUT2D eigenvalue weighted by Crippen LogP contribution is 2.47. The Balaban J connectivity index is 1.20. The van der Waals surface area contributed by atoms with Gasteiger partial charge in [0.15, 0.2) is 0 Å². The Morgan fingerprint density at radius 1 is 0.333 bits per heavy atom. The highest BCUT2D eigenvalue weighted by atomic mass is 16.3. The fourth-order valence-corrected chi connectivity index (χ4v) is 7.42. The van der Waals surface area contributed by atoms with Gasteiger partial charge in [-0.2, -0.15) is 0 Å². The first kappa shape index (κ1) is 29.1. The van der Waals surface area contributed by atoms with Crippen molar-refractivity contribution in [2.45, 2.75) is 0 Å². The molecule has 0 aliphatic heterocycles. The predicted octanol–water partition coefficient (Wildman–Crippen LogP) is 14.0. The zero-order valence-electron chi connectivity index (χ0n) is 27.7. The molecule has 0 N–H and O–H groups in total. The van der Waals surface area contributed by atoms with Crippen LogP contribution in [0, 0.1) is 0 Å². The van der Waals surface area contributed by atoms with Gasteiger partial charge in [0.05, 0.1) is 11.1 Å². The summed E-state index contributed by atoms with van der Waals surface area (Å²) in [4.78, 5) is 2.35. The molecule has 0 saturated carbocycles. The third-order valence-corrected chi connectivity index (χ3v) is 9.88. The molecule has 0 aliphatic rings. The molecule has 0 atom stereocenters. The highest BCUT2D eigenvalue weighted by molar-refractivity contribution is 6.17. The van der Waals surface area contributed by atoms with Crippen LogP contribution in [0.15, 0.2) is 197 Å². The van der Waals surface area contributed by atoms with E-state index in [-0.39, 0.29) is 0 Å². The van der Waals surface area contributed by atoms with Crippen LogP contribution in [0.4, 0.5) is 17.1 Å². The van der Waals surface area contributed by atoms with Crippen molar-refractivity contribution in [1.82, 2.24) is 0 Å². The molecule has 0 amide bonds. The number of fused-ring (bicyclic) bond motifs is 6. The Morgan fingerprint density at radius 2 is 0.922 bits per heavy atom. The van der Waals surface area contributed by atoms with E-state index in [4.69, 9.17) is 8.83 Å². The third kappa shape index (κ3) is 4.98. The minimum atomic E-state index is 0.858. The van der Waals surface area contributed by atoms with E-state index in [0.29, 0.717) is 0 Å². The molecule has 51 heavy (non-hydrogen) atoms. The second-order valence-corrected chi connectivity index (χ2v) is 12.9. The first-order chi connectivity index (χ1) is 25.3. The lowest BCUT2D eigenvalue weighted by molar-refractivity contribution is 0.669. The van der Waals surface area contributed by atoms with Crippen LogP contribution in [-0.4, -0.2) is 0 Å². The predicted molar refractivity (Wildman–Crippen MR) is 212 cm³/mol. The van der Waals surface area contributed by atoms with Crippen molar-refractivity contribution < 1.29 is 8.83 Å². The number of anilines is 3. The van der Waals surface area contributed by atoms with Gasteiger partial charge in [0.2, 0.25) is 0 Å². The van der Waals surface area contributed by atoms with E-state index < -0.39 is 0 Å². The molecule has 3 heteroatoms. The summed E-state index contributed by atoms with van der Waals surface area (Å²) < 4.78 is 13.2. The second kappa shape index (κ2) is 11.9. The number of benzene rings is 8. The van der Waals surface area contributed by atoms with E-state index in [0.717, 1.165) is 77.6 Å². The van der Waals surface area contributed by atoms with Crippen molar-refractivity contribution in [2.75, 3.05) is 4.90 Å². The zero-order valence-corrected chi connectivity index (χ0v) is 27.7. The summed E-state index contributed by atoms with van der Waals surface area (Å²) in [5.74, 6) is 0. The van der Waals surface area contributed by atoms with Crippen LogP contribution in [0.2, 0.25) is 0 Å². The van der Waals surface area contributed by atoms with E-state index in [1.165, 1.54) is 16.7 Å². The van der Waals surface area contributed by atoms with Gasteiger partial charge in [0, 0.05) is 33.1 Å². The summed E-state index contributed by atoms with van der Waals surface area (Å²) in [5.41, 5.74) is 13.4. The molecule has 0 radical (unpaired) electrons. The lowest BCUT2D eigenvalue weighted by Crippen LogP contribution is -2.10. The number of rotatable bonds is 6. The van der Waals surface area contributed by atoms with Crippen molar-refractivity contribution in [2.24, 2.45) is 0 Å². The molecular formula is C48H31NO2. The fraction of sp³-hybridized carbons (Fsp3) is 0. The van der Waals surface area contributed by atoms with Crippen molar-refractivity contribution in [1.29, 1.82) is 0 Å². The molecule has 0 bridgehead atoms. The molecule has 0 unspecified atom stereocenters. The van der Waals surface area contributed by atoms with E-state index in [2.05, 4.69) is 175 Å². The van der Waals surface area contributed by atoms with E-state index in [9.17, 15) is 0 Å². The quantitative estimate of drug-likeness (QED) is 0.179. The van der Waals surface area contributed by atoms with Crippen LogP contribution < -0.4 is 4.90 Å². The van der Waals surface area contributed by atoms with Gasteiger partial charge in [-0.3, -0.25) is 0 Å². The van der Waals surface area contributed by atoms with Gasteiger partial charge >= 0.3 is 0 Å². The van der Waals surface area contributed by atoms with Crippen LogP contribution in [0.3, 0.4) is 0 Å². The highest BCUT2D eigenvalue weighted by Gasteiger charge is 2.23. The van der Waals surface area contributed by atoms with Gasteiger partial charge in [0.1, 0.15) is 22.3 Å². The average Bonchev–Trinajstić information content (AvgIpc) is 3.78. The fourth-order valence-electron chi connectivity index (χ4n) is 7.42. The maximum absolute atomic E-state index is 6.70. The first-order valence-corrected chi connectivity index (χ1v) is 17.3. The summed E-state index contributed by atoms with van der Waals surface area (Å²) in [5, 5.41) is 4.31. The van der Waals surface area contributed by atoms with E-state index >= 15 is 0 Å². The van der Waals surface area contributed by atoms with Gasteiger partial charge in [0.25, 0.3) is 0 Å². The van der Waals surface area contributed by atoms with E-state index in [1.807, 2.05) is 18.2 Å². The Bertz CT molecular complexity index is 2830. The maximum Gasteiger partial charge on any atom is 0.145 e. The summed E-state index contributed by atoms with van der Waals surface area (Å²) in [6, 6.07) is 66.1. The van der Waals surface area contributed by atoms with Crippen LogP contribution in [0.25, 0.3) is 77.3 Å². The maximum atomic E-state index is 6.70. The Labute approximate surface area is 295 Å². The Hall–Kier alpha value is -6.84. The first-order valence-electron chi connectivity index (χ1n) is 17.3. The zero-order chi connectivity index (χ0) is 33.7. The smallest absolute Gasteiger partial charge is 0.145 e. The standard InChI is InChI=1S/C48H31NO2/c1-4-12-32(13-5-1)34-20-23-37(24-21-34)49(38-25-29-45-42(31-38)40-26-22-36(30-46(40)50-45)33-14-6-2-7-15-33)43-28-27-39(35-16-8-3-9-17-35)48-47(43)41-18-10-11-19-44(41)51-48/h1-31H. The minimum absolute atomic E-state index is 0.858. The topological polar surface area (TPSA) is 29.5 Å². The summed E-state index contributed by atoms with van der Waals surface area (Å²) >= 11 is 0. The molecule has 240 valence electrons. The van der Waals surface area contributed by atoms with Crippen molar-refractivity contribution >= 4 is 60.9 Å². The molecule has 10 rings (SSSR count). The molecule has 8 aromatic carbocycles. The Kier molecular flexibility index (Phi) is 6.81. The summed E-state index contributed by atoms with van der Waals surface area (Å²) in [6.45, 7) is 0. The summed E-state index contributed by atoms with van der Waals surface area (Å²) in [6.07, 6.45) is 0. The molecule has 2 aromatic heterocycles. The molecular weight excluding hydrogens is 623 g/mol. The molecule has 10 aromatic rings. The average molecular weight is 654 g/mol. The largest absolute Gasteiger partial charge is 0.456 e. The minimum Gasteiger partial charge on any atom is -0.456 e. The monoisotopic (exact) mass is 653 g/mol. The number of para-hydroxylation sites is 1. The SMILES string of the molecule is c1ccc(-c2ccc(N(c3ccc4oc5cc(-c6ccccc6)ccc5c4c3)c3ccc(-c4ccccc4)c4oc5ccccc5c34)cc2)cc1. The Morgan fingerprint density at radius 3 is 1.67 bits per heavy atom. The van der Waals surface area contributed by atoms with Gasteiger partial charge in [-0.1, -0.05) is 127 Å². The molecule has 2 heterocycles. The summed E-state index contributed by atoms with van der Waals surface area (Å²) in [7, 11) is 0. The number of hydrogen-bond donors (Lipinski definition) is 0. The lowest BCUT2D eigenvalue weighted by atomic mass is 9.99. The van der Waals surface area contributed by atoms with Gasteiger partial charge in [-0.25, -0.2) is 0 Å². The number of nitrogens with zero attached hydrogens (tertiary/aromatic N) is 1. The van der Waals surface area contributed by atoms with Crippen molar-refractivity contribution in [3.05, 3.63) is 188 Å².